The van der Waals surface area contributed by atoms with Gasteiger partial charge in [-0.25, -0.2) is 9.50 Å². The van der Waals surface area contributed by atoms with Crippen molar-refractivity contribution >= 4 is 33.4 Å². The van der Waals surface area contributed by atoms with Crippen LogP contribution in [0.25, 0.3) is 27.5 Å². The van der Waals surface area contributed by atoms with Crippen molar-refractivity contribution < 1.29 is 18.0 Å². The first kappa shape index (κ1) is 21.6. The molecule has 2 aromatic carbocycles. The van der Waals surface area contributed by atoms with Crippen molar-refractivity contribution in [1.82, 2.24) is 24.1 Å². The van der Waals surface area contributed by atoms with Gasteiger partial charge in [0.2, 0.25) is 0 Å². The molecule has 1 amide bonds. The third-order valence-corrected chi connectivity index (χ3v) is 6.92. The van der Waals surface area contributed by atoms with Crippen LogP contribution in [0.3, 0.4) is 0 Å². The number of alkyl halides is 3. The lowest BCUT2D eigenvalue weighted by molar-refractivity contribution is -0.142. The van der Waals surface area contributed by atoms with Gasteiger partial charge in [-0.05, 0) is 43.7 Å². The van der Waals surface area contributed by atoms with E-state index in [0.717, 1.165) is 32.4 Å². The van der Waals surface area contributed by atoms with Gasteiger partial charge in [0.1, 0.15) is 5.69 Å². The van der Waals surface area contributed by atoms with Gasteiger partial charge in [-0.15, -0.1) is 0 Å². The Morgan fingerprint density at radius 3 is 2.60 bits per heavy atom. The molecule has 1 aliphatic heterocycles. The SMILES string of the molecule is Cc1cc(C(F)(F)F)n2nc([C@@H]3CCN(C(=O)c4ccc5c(c4)c4ccccc4n5C)C3)cc2n1. The van der Waals surface area contributed by atoms with Crippen molar-refractivity contribution in [2.24, 2.45) is 7.05 Å². The topological polar surface area (TPSA) is 55.4 Å². The summed E-state index contributed by atoms with van der Waals surface area (Å²) in [5.74, 6) is -0.237. The second kappa shape index (κ2) is 7.56. The van der Waals surface area contributed by atoms with Crippen LogP contribution in [0.15, 0.2) is 54.6 Å². The molecule has 1 atom stereocenters. The van der Waals surface area contributed by atoms with Crippen LogP contribution in [-0.2, 0) is 13.2 Å². The molecule has 35 heavy (non-hydrogen) atoms. The number of para-hydroxylation sites is 1. The van der Waals surface area contributed by atoms with Gasteiger partial charge < -0.3 is 9.47 Å². The third kappa shape index (κ3) is 3.45. The molecule has 9 heteroatoms. The van der Waals surface area contributed by atoms with Crippen LogP contribution in [0.5, 0.6) is 0 Å². The molecule has 178 valence electrons. The summed E-state index contributed by atoms with van der Waals surface area (Å²) in [6.07, 6.45) is -3.90. The molecule has 6 nitrogen and oxygen atoms in total. The molecule has 0 bridgehead atoms. The van der Waals surface area contributed by atoms with Crippen molar-refractivity contribution in [2.45, 2.75) is 25.4 Å². The van der Waals surface area contributed by atoms with Gasteiger partial charge in [0.15, 0.2) is 5.65 Å². The molecule has 1 fully saturated rings. The average molecular weight is 477 g/mol. The van der Waals surface area contributed by atoms with Crippen molar-refractivity contribution in [2.75, 3.05) is 13.1 Å². The van der Waals surface area contributed by atoms with Crippen LogP contribution in [0.2, 0.25) is 0 Å². The van der Waals surface area contributed by atoms with Crippen molar-refractivity contribution in [3.05, 3.63) is 77.2 Å². The molecule has 1 aliphatic rings. The molecule has 0 spiro atoms. The predicted octanol–water partition coefficient (Wildman–Crippen LogP) is 5.33. The number of fused-ring (bicyclic) bond motifs is 4. The van der Waals surface area contributed by atoms with Crippen molar-refractivity contribution in [3.63, 3.8) is 0 Å². The normalized spacial score (nSPS) is 16.7. The second-order valence-electron chi connectivity index (χ2n) is 9.16. The maximum atomic E-state index is 13.5. The summed E-state index contributed by atoms with van der Waals surface area (Å²) >= 11 is 0. The number of rotatable bonds is 2. The fourth-order valence-electron chi connectivity index (χ4n) is 5.19. The molecule has 0 saturated carbocycles. The minimum absolute atomic E-state index is 0.0870. The van der Waals surface area contributed by atoms with Crippen LogP contribution in [0.1, 0.15) is 39.8 Å². The van der Waals surface area contributed by atoms with E-state index in [-0.39, 0.29) is 23.2 Å². The molecule has 5 aromatic rings. The summed E-state index contributed by atoms with van der Waals surface area (Å²) in [6.45, 7) is 2.45. The van der Waals surface area contributed by atoms with Gasteiger partial charge in [-0.2, -0.15) is 18.3 Å². The summed E-state index contributed by atoms with van der Waals surface area (Å²) in [4.78, 5) is 19.3. The number of aromatic nitrogens is 4. The van der Waals surface area contributed by atoms with Gasteiger partial charge >= 0.3 is 6.18 Å². The second-order valence-corrected chi connectivity index (χ2v) is 9.16. The minimum atomic E-state index is -4.53. The number of likely N-dealkylation sites (tertiary alicyclic amines) is 1. The lowest BCUT2D eigenvalue weighted by atomic mass is 10.1. The molecule has 0 unspecified atom stereocenters. The Hall–Kier alpha value is -3.88. The van der Waals surface area contributed by atoms with E-state index in [9.17, 15) is 18.0 Å². The fourth-order valence-corrected chi connectivity index (χ4v) is 5.19. The quantitative estimate of drug-likeness (QED) is 0.345. The number of amides is 1. The third-order valence-electron chi connectivity index (χ3n) is 6.92. The highest BCUT2D eigenvalue weighted by molar-refractivity contribution is 6.10. The standard InChI is InChI=1S/C26H22F3N5O/c1-15-11-23(26(27,28)29)34-24(30-15)13-20(31-34)17-9-10-33(14-17)25(35)16-7-8-22-19(12-16)18-5-3-4-6-21(18)32(22)2/h3-8,11-13,17H,9-10,14H2,1-2H3/t17-/m1/s1. The summed E-state index contributed by atoms with van der Waals surface area (Å²) in [6, 6.07) is 16.4. The fraction of sp³-hybridized carbons (Fsp3) is 0.269. The van der Waals surface area contributed by atoms with E-state index >= 15 is 0 Å². The summed E-state index contributed by atoms with van der Waals surface area (Å²) in [7, 11) is 2.01. The monoisotopic (exact) mass is 477 g/mol. The minimum Gasteiger partial charge on any atom is -0.344 e. The molecule has 0 radical (unpaired) electrons. The molecule has 1 saturated heterocycles. The van der Waals surface area contributed by atoms with E-state index in [1.165, 1.54) is 6.92 Å². The Balaban J connectivity index is 1.29. The van der Waals surface area contributed by atoms with E-state index in [1.54, 1.807) is 11.0 Å². The van der Waals surface area contributed by atoms with E-state index < -0.39 is 11.9 Å². The van der Waals surface area contributed by atoms with E-state index in [0.29, 0.717) is 30.8 Å². The van der Waals surface area contributed by atoms with Gasteiger partial charge in [0.05, 0.1) is 5.69 Å². The number of hydrogen-bond donors (Lipinski definition) is 0. The Bertz CT molecular complexity index is 1630. The smallest absolute Gasteiger partial charge is 0.344 e. The van der Waals surface area contributed by atoms with Crippen LogP contribution in [0, 0.1) is 6.92 Å². The van der Waals surface area contributed by atoms with E-state index in [4.69, 9.17) is 0 Å². The summed E-state index contributed by atoms with van der Waals surface area (Å²) in [5, 5.41) is 6.35. The zero-order valence-corrected chi connectivity index (χ0v) is 19.2. The highest BCUT2D eigenvalue weighted by atomic mass is 19.4. The number of aryl methyl sites for hydroxylation is 2. The first-order valence-corrected chi connectivity index (χ1v) is 11.4. The maximum absolute atomic E-state index is 13.5. The van der Waals surface area contributed by atoms with Crippen LogP contribution in [-0.4, -0.2) is 43.1 Å². The first-order valence-electron chi connectivity index (χ1n) is 11.4. The maximum Gasteiger partial charge on any atom is 0.433 e. The largest absolute Gasteiger partial charge is 0.433 e. The van der Waals surface area contributed by atoms with Gasteiger partial charge in [-0.1, -0.05) is 18.2 Å². The molecule has 3 aromatic heterocycles. The first-order chi connectivity index (χ1) is 16.7. The van der Waals surface area contributed by atoms with Crippen LogP contribution in [0.4, 0.5) is 13.2 Å². The summed E-state index contributed by atoms with van der Waals surface area (Å²) in [5.41, 5.74) is 2.87. The number of carbonyl (C=O) groups excluding carboxylic acids is 1. The number of halogens is 3. The molecule has 4 heterocycles. The van der Waals surface area contributed by atoms with Crippen molar-refractivity contribution in [3.8, 4) is 0 Å². The van der Waals surface area contributed by atoms with E-state index in [2.05, 4.69) is 20.7 Å². The average Bonchev–Trinajstić information content (AvgIpc) is 3.54. The highest BCUT2D eigenvalue weighted by Gasteiger charge is 2.36. The summed E-state index contributed by atoms with van der Waals surface area (Å²) < 4.78 is 43.5. The zero-order chi connectivity index (χ0) is 24.5. The lowest BCUT2D eigenvalue weighted by Crippen LogP contribution is -2.28. The molecule has 0 aliphatic carbocycles. The Morgan fingerprint density at radius 1 is 1.03 bits per heavy atom. The van der Waals surface area contributed by atoms with Crippen LogP contribution >= 0.6 is 0 Å². The Labute approximate surface area is 198 Å². The predicted molar refractivity (Wildman–Crippen MR) is 126 cm³/mol. The van der Waals surface area contributed by atoms with Gasteiger partial charge in [0.25, 0.3) is 5.91 Å². The molecule has 6 rings (SSSR count). The Morgan fingerprint density at radius 2 is 1.80 bits per heavy atom. The molecular weight excluding hydrogens is 455 g/mol. The van der Waals surface area contributed by atoms with Gasteiger partial charge in [0, 0.05) is 65.2 Å². The van der Waals surface area contributed by atoms with Gasteiger partial charge in [-0.3, -0.25) is 4.79 Å². The van der Waals surface area contributed by atoms with Crippen LogP contribution < -0.4 is 0 Å². The van der Waals surface area contributed by atoms with E-state index in [1.807, 2.05) is 43.4 Å². The van der Waals surface area contributed by atoms with Crippen molar-refractivity contribution in [1.29, 1.82) is 0 Å². The number of nitrogens with zero attached hydrogens (tertiary/aromatic N) is 5. The molecule has 0 N–H and O–H groups in total. The lowest BCUT2D eigenvalue weighted by Gasteiger charge is -2.16. The number of benzene rings is 2. The number of carbonyl (C=O) groups is 1. The zero-order valence-electron chi connectivity index (χ0n) is 19.2. The number of hydrogen-bond acceptors (Lipinski definition) is 3. The highest BCUT2D eigenvalue weighted by Crippen LogP contribution is 2.33. The Kier molecular flexibility index (Phi) is 4.67. The molecular formula is C26H22F3N5O.